The molecule has 0 aliphatic carbocycles. The highest BCUT2D eigenvalue weighted by molar-refractivity contribution is 6.30. The van der Waals surface area contributed by atoms with Crippen molar-refractivity contribution in [1.82, 2.24) is 29.6 Å². The van der Waals surface area contributed by atoms with Gasteiger partial charge in [0.15, 0.2) is 5.69 Å². The van der Waals surface area contributed by atoms with Crippen molar-refractivity contribution in [3.05, 3.63) is 53.2 Å². The zero-order chi connectivity index (χ0) is 26.3. The molecule has 8 nitrogen and oxygen atoms in total. The Hall–Kier alpha value is -3.35. The molecule has 1 aliphatic rings. The predicted molar refractivity (Wildman–Crippen MR) is 121 cm³/mol. The van der Waals surface area contributed by atoms with Crippen LogP contribution >= 0.6 is 11.6 Å². The molecule has 2 atom stereocenters. The molecule has 14 heteroatoms. The molecule has 1 N–H and O–H groups in total. The van der Waals surface area contributed by atoms with Gasteiger partial charge in [-0.3, -0.25) is 14.5 Å². The van der Waals surface area contributed by atoms with Gasteiger partial charge in [0, 0.05) is 49.8 Å². The van der Waals surface area contributed by atoms with Gasteiger partial charge in [-0.05, 0) is 18.1 Å². The number of aromatic nitrogens is 5. The van der Waals surface area contributed by atoms with Crippen molar-refractivity contribution in [3.8, 4) is 11.3 Å². The van der Waals surface area contributed by atoms with Crippen molar-refractivity contribution in [2.24, 2.45) is 13.0 Å². The average Bonchev–Trinajstić information content (AvgIpc) is 3.18. The number of nitrogens with zero attached hydrogens (tertiary/aromatic N) is 6. The molecule has 0 aromatic carbocycles. The highest BCUT2D eigenvalue weighted by Gasteiger charge is 2.47. The lowest BCUT2D eigenvalue weighted by Crippen LogP contribution is -2.57. The van der Waals surface area contributed by atoms with Gasteiger partial charge in [-0.2, -0.15) is 18.3 Å². The first-order valence-corrected chi connectivity index (χ1v) is 11.2. The van der Waals surface area contributed by atoms with Gasteiger partial charge >= 0.3 is 6.18 Å². The van der Waals surface area contributed by atoms with E-state index in [2.05, 4.69) is 25.4 Å². The van der Waals surface area contributed by atoms with Gasteiger partial charge in [-0.25, -0.2) is 18.7 Å². The van der Waals surface area contributed by atoms with Gasteiger partial charge in [0.1, 0.15) is 0 Å². The minimum atomic E-state index is -4.59. The number of rotatable bonds is 5. The summed E-state index contributed by atoms with van der Waals surface area (Å²) in [6.45, 7) is 0.659. The molecule has 0 spiro atoms. The van der Waals surface area contributed by atoms with Gasteiger partial charge in [0.05, 0.1) is 29.4 Å². The molecule has 1 aliphatic heterocycles. The molecule has 0 radical (unpaired) electrons. The molecule has 1 amide bonds. The summed E-state index contributed by atoms with van der Waals surface area (Å²) in [5.74, 6) is -4.66. The fraction of sp³-hybridized carbons (Fsp3) is 0.409. The molecule has 1 saturated heterocycles. The van der Waals surface area contributed by atoms with Crippen LogP contribution in [-0.2, 0) is 13.2 Å². The number of amides is 1. The second-order valence-corrected chi connectivity index (χ2v) is 9.07. The van der Waals surface area contributed by atoms with Crippen LogP contribution in [0.5, 0.6) is 0 Å². The molecule has 3 aromatic rings. The zero-order valence-corrected chi connectivity index (χ0v) is 19.9. The Morgan fingerprint density at radius 1 is 1.25 bits per heavy atom. The lowest BCUT2D eigenvalue weighted by Gasteiger charge is -2.43. The summed E-state index contributed by atoms with van der Waals surface area (Å²) < 4.78 is 68.8. The highest BCUT2D eigenvalue weighted by Crippen LogP contribution is 2.36. The summed E-state index contributed by atoms with van der Waals surface area (Å²) in [5.41, 5.74) is -0.422. The minimum absolute atomic E-state index is 0.0636. The lowest BCUT2D eigenvalue weighted by atomic mass is 9.88. The van der Waals surface area contributed by atoms with E-state index in [0.717, 1.165) is 4.90 Å². The third-order valence-electron chi connectivity index (χ3n) is 5.82. The number of anilines is 1. The van der Waals surface area contributed by atoms with Gasteiger partial charge in [0.2, 0.25) is 5.95 Å². The maximum absolute atomic E-state index is 14.6. The van der Waals surface area contributed by atoms with E-state index < -0.39 is 48.5 Å². The molecular weight excluding hydrogens is 509 g/mol. The first-order valence-electron chi connectivity index (χ1n) is 10.8. The highest BCUT2D eigenvalue weighted by atomic mass is 35.5. The van der Waals surface area contributed by atoms with E-state index >= 15 is 0 Å². The predicted octanol–water partition coefficient (Wildman–Crippen LogP) is 4.54. The summed E-state index contributed by atoms with van der Waals surface area (Å²) in [4.78, 5) is 26.1. The van der Waals surface area contributed by atoms with Gasteiger partial charge in [-0.15, -0.1) is 0 Å². The maximum atomic E-state index is 14.6. The van der Waals surface area contributed by atoms with Crippen LogP contribution < -0.4 is 5.32 Å². The summed E-state index contributed by atoms with van der Waals surface area (Å²) in [5, 5.41) is 7.33. The van der Waals surface area contributed by atoms with E-state index in [1.165, 1.54) is 16.9 Å². The molecule has 1 unspecified atom stereocenters. The second kappa shape index (κ2) is 9.60. The molecule has 3 aromatic heterocycles. The summed E-state index contributed by atoms with van der Waals surface area (Å²) in [7, 11) is 1.58. The third kappa shape index (κ3) is 5.55. The molecule has 1 fully saturated rings. The number of hydrogen-bond donors (Lipinski definition) is 1. The number of carbonyl (C=O) groups excluding carboxylic acids is 1. The first-order chi connectivity index (χ1) is 16.8. The monoisotopic (exact) mass is 529 g/mol. The van der Waals surface area contributed by atoms with Crippen molar-refractivity contribution < 1.29 is 26.7 Å². The van der Waals surface area contributed by atoms with Crippen LogP contribution in [0.1, 0.15) is 29.4 Å². The summed E-state index contributed by atoms with van der Waals surface area (Å²) >= 11 is 6.05. The topological polar surface area (TPSA) is 88.8 Å². The Bertz CT molecular complexity index is 1250. The molecule has 0 saturated carbocycles. The number of aryl methyl sites for hydroxylation is 1. The third-order valence-corrected chi connectivity index (χ3v) is 6.05. The Morgan fingerprint density at radius 3 is 2.58 bits per heavy atom. The molecule has 0 bridgehead atoms. The second-order valence-electron chi connectivity index (χ2n) is 8.64. The fourth-order valence-corrected chi connectivity index (χ4v) is 4.32. The standard InChI is InChI=1S/C22H21ClF5N7O/c1-12-6-21(24,25)11-35(17(12)9-32-20-30-7-13(8-31-20)22(26,27)28)19(36)18-15(10-34(2)33-18)16-5-14(23)3-4-29-16/h3-5,7-8,10,12,17H,6,9,11H2,1-2H3,(H,30,31,32)/t12?,17-/m1/s1. The van der Waals surface area contributed by atoms with Gasteiger partial charge < -0.3 is 10.2 Å². The number of halogens is 6. The zero-order valence-electron chi connectivity index (χ0n) is 19.1. The Kier molecular flexibility index (Phi) is 6.86. The first kappa shape index (κ1) is 25.7. The number of pyridine rings is 1. The largest absolute Gasteiger partial charge is 0.419 e. The van der Waals surface area contributed by atoms with E-state index in [4.69, 9.17) is 11.6 Å². The van der Waals surface area contributed by atoms with Crippen LogP contribution in [0.25, 0.3) is 11.3 Å². The van der Waals surface area contributed by atoms with Crippen LogP contribution in [0.3, 0.4) is 0 Å². The fourth-order valence-electron chi connectivity index (χ4n) is 4.16. The van der Waals surface area contributed by atoms with Crippen molar-refractivity contribution in [2.45, 2.75) is 31.5 Å². The molecule has 36 heavy (non-hydrogen) atoms. The average molecular weight is 530 g/mol. The van der Waals surface area contributed by atoms with E-state index in [9.17, 15) is 26.7 Å². The van der Waals surface area contributed by atoms with Crippen LogP contribution in [0.15, 0.2) is 36.9 Å². The van der Waals surface area contributed by atoms with Crippen LogP contribution in [0.2, 0.25) is 5.02 Å². The van der Waals surface area contributed by atoms with Crippen LogP contribution in [0, 0.1) is 5.92 Å². The molecule has 4 rings (SSSR count). The Balaban J connectivity index is 1.61. The van der Waals surface area contributed by atoms with Crippen molar-refractivity contribution in [1.29, 1.82) is 0 Å². The number of alkyl halides is 5. The summed E-state index contributed by atoms with van der Waals surface area (Å²) in [6.07, 6.45) is -0.831. The molecule has 192 valence electrons. The van der Waals surface area contributed by atoms with Crippen molar-refractivity contribution in [2.75, 3.05) is 18.4 Å². The quantitative estimate of drug-likeness (QED) is 0.488. The van der Waals surface area contributed by atoms with Gasteiger partial charge in [0.25, 0.3) is 11.8 Å². The number of carbonyl (C=O) groups is 1. The number of nitrogens with one attached hydrogen (secondary N) is 1. The van der Waals surface area contributed by atoms with Crippen molar-refractivity contribution >= 4 is 23.5 Å². The van der Waals surface area contributed by atoms with Crippen molar-refractivity contribution in [3.63, 3.8) is 0 Å². The summed E-state index contributed by atoms with van der Waals surface area (Å²) in [6, 6.07) is 2.34. The number of likely N-dealkylation sites (tertiary alicyclic amines) is 1. The van der Waals surface area contributed by atoms with Gasteiger partial charge in [-0.1, -0.05) is 18.5 Å². The Morgan fingerprint density at radius 2 is 1.94 bits per heavy atom. The SMILES string of the molecule is CC1CC(F)(F)CN(C(=O)c2nn(C)cc2-c2cc(Cl)ccn2)[C@@H]1CNc1ncc(C(F)(F)F)cn1. The van der Waals surface area contributed by atoms with Crippen LogP contribution in [-0.4, -0.2) is 60.6 Å². The normalized spacial score (nSPS) is 19.8. The number of piperidine rings is 1. The van der Waals surface area contributed by atoms with E-state index in [-0.39, 0.29) is 18.2 Å². The lowest BCUT2D eigenvalue weighted by molar-refractivity contribution is -0.138. The maximum Gasteiger partial charge on any atom is 0.419 e. The molecule has 4 heterocycles. The van der Waals surface area contributed by atoms with E-state index in [1.807, 2.05) is 0 Å². The smallest absolute Gasteiger partial charge is 0.352 e. The number of hydrogen-bond acceptors (Lipinski definition) is 6. The minimum Gasteiger partial charge on any atom is -0.352 e. The molecular formula is C22H21ClF5N7O. The van der Waals surface area contributed by atoms with E-state index in [1.54, 1.807) is 26.2 Å². The van der Waals surface area contributed by atoms with Crippen LogP contribution in [0.4, 0.5) is 27.9 Å². The van der Waals surface area contributed by atoms with E-state index in [0.29, 0.717) is 28.7 Å². The Labute approximate surface area is 207 Å².